The number of piperidine rings is 1. The number of hydrogen-bond acceptors (Lipinski definition) is 4. The van der Waals surface area contributed by atoms with Gasteiger partial charge in [-0.15, -0.1) is 0 Å². The minimum atomic E-state index is -1.07. The van der Waals surface area contributed by atoms with E-state index in [9.17, 15) is 9.59 Å². The van der Waals surface area contributed by atoms with E-state index in [0.29, 0.717) is 11.4 Å². The second-order valence-electron chi connectivity index (χ2n) is 4.79. The Bertz CT molecular complexity index is 501. The average Bonchev–Trinajstić information content (AvgIpc) is 2.47. The molecule has 0 saturated carbocycles. The van der Waals surface area contributed by atoms with Crippen molar-refractivity contribution in [2.75, 3.05) is 25.0 Å². The van der Waals surface area contributed by atoms with Gasteiger partial charge in [0.25, 0.3) is 0 Å². The molecule has 3 N–H and O–H groups in total. The lowest BCUT2D eigenvalue weighted by molar-refractivity contribution is -0.139. The van der Waals surface area contributed by atoms with Gasteiger partial charge in [-0.05, 0) is 25.0 Å². The maximum atomic E-state index is 11.9. The number of para-hydroxylation sites is 2. The molecule has 7 heteroatoms. The van der Waals surface area contributed by atoms with Crippen LogP contribution in [0.15, 0.2) is 24.3 Å². The van der Waals surface area contributed by atoms with Crippen molar-refractivity contribution in [1.82, 2.24) is 10.4 Å². The molecule has 0 unspecified atom stereocenters. The number of rotatable bonds is 5. The fourth-order valence-electron chi connectivity index (χ4n) is 2.13. The Morgan fingerprint density at radius 3 is 2.62 bits per heavy atom. The molecule has 1 aromatic rings. The summed E-state index contributed by atoms with van der Waals surface area (Å²) < 4.78 is 5.13. The number of ether oxygens (including phenoxy) is 1. The van der Waals surface area contributed by atoms with E-state index in [2.05, 4.69) is 10.7 Å². The van der Waals surface area contributed by atoms with Crippen molar-refractivity contribution in [1.29, 1.82) is 0 Å². The molecule has 0 bridgehead atoms. The average molecular weight is 293 g/mol. The molecular weight excluding hydrogens is 274 g/mol. The van der Waals surface area contributed by atoms with E-state index in [1.54, 1.807) is 24.3 Å². The number of nitrogens with zero attached hydrogens (tertiary/aromatic N) is 1. The van der Waals surface area contributed by atoms with Crippen molar-refractivity contribution < 1.29 is 19.4 Å². The Hall–Kier alpha value is -2.28. The highest BCUT2D eigenvalue weighted by Crippen LogP contribution is 2.23. The maximum Gasteiger partial charge on any atom is 0.341 e. The van der Waals surface area contributed by atoms with Gasteiger partial charge in [0.05, 0.1) is 5.69 Å². The Morgan fingerprint density at radius 1 is 1.19 bits per heavy atom. The van der Waals surface area contributed by atoms with Crippen LogP contribution in [0.1, 0.15) is 19.3 Å². The second kappa shape index (κ2) is 7.49. The van der Waals surface area contributed by atoms with Gasteiger partial charge in [-0.25, -0.2) is 14.6 Å². The predicted octanol–water partition coefficient (Wildman–Crippen LogP) is 1.67. The van der Waals surface area contributed by atoms with Gasteiger partial charge in [-0.3, -0.25) is 5.43 Å². The summed E-state index contributed by atoms with van der Waals surface area (Å²) in [6.45, 7) is 1.22. The summed E-state index contributed by atoms with van der Waals surface area (Å²) in [6, 6.07) is 6.37. The highest BCUT2D eigenvalue weighted by molar-refractivity contribution is 5.90. The first-order valence-corrected chi connectivity index (χ1v) is 6.91. The van der Waals surface area contributed by atoms with Crippen LogP contribution < -0.4 is 15.5 Å². The largest absolute Gasteiger partial charge is 0.480 e. The number of carbonyl (C=O) groups excluding carboxylic acids is 1. The number of nitrogens with one attached hydrogen (secondary N) is 2. The quantitative estimate of drug-likeness (QED) is 0.768. The number of carbonyl (C=O) groups is 2. The predicted molar refractivity (Wildman–Crippen MR) is 77.2 cm³/mol. The van der Waals surface area contributed by atoms with Crippen molar-refractivity contribution in [2.24, 2.45) is 0 Å². The summed E-state index contributed by atoms with van der Waals surface area (Å²) in [5.41, 5.74) is 3.21. The van der Waals surface area contributed by atoms with Gasteiger partial charge in [-0.2, -0.15) is 0 Å². The lowest BCUT2D eigenvalue weighted by Crippen LogP contribution is -2.46. The summed E-state index contributed by atoms with van der Waals surface area (Å²) in [5, 5.41) is 13.2. The van der Waals surface area contributed by atoms with Crippen LogP contribution >= 0.6 is 0 Å². The summed E-state index contributed by atoms with van der Waals surface area (Å²) in [5.74, 6) is -0.740. The van der Waals surface area contributed by atoms with E-state index in [1.807, 2.05) is 5.01 Å². The zero-order valence-corrected chi connectivity index (χ0v) is 11.7. The van der Waals surface area contributed by atoms with Crippen molar-refractivity contribution in [3.8, 4) is 5.75 Å². The molecule has 1 aromatic carbocycles. The van der Waals surface area contributed by atoms with Crippen LogP contribution in [0.5, 0.6) is 5.75 Å². The summed E-state index contributed by atoms with van der Waals surface area (Å²) >= 11 is 0. The number of hydrogen-bond donors (Lipinski definition) is 3. The summed E-state index contributed by atoms with van der Waals surface area (Å²) in [7, 11) is 0. The normalized spacial score (nSPS) is 15.2. The molecule has 0 aromatic heterocycles. The minimum Gasteiger partial charge on any atom is -0.480 e. The first-order chi connectivity index (χ1) is 10.1. The van der Waals surface area contributed by atoms with Gasteiger partial charge in [0, 0.05) is 13.1 Å². The molecular formula is C14H19N3O4. The molecule has 21 heavy (non-hydrogen) atoms. The number of carboxylic acids is 1. The molecule has 0 spiro atoms. The molecule has 1 aliphatic rings. The van der Waals surface area contributed by atoms with Crippen molar-refractivity contribution in [3.05, 3.63) is 24.3 Å². The molecule has 0 atom stereocenters. The van der Waals surface area contributed by atoms with Gasteiger partial charge in [0.1, 0.15) is 5.75 Å². The zero-order chi connectivity index (χ0) is 15.1. The number of benzene rings is 1. The smallest absolute Gasteiger partial charge is 0.341 e. The third-order valence-electron chi connectivity index (χ3n) is 3.10. The number of carboxylic acid groups (broad SMARTS) is 1. The SMILES string of the molecule is O=C(O)COc1ccccc1NC(=O)NN1CCCCC1. The van der Waals surface area contributed by atoms with E-state index in [-0.39, 0.29) is 6.03 Å². The second-order valence-corrected chi connectivity index (χ2v) is 4.79. The van der Waals surface area contributed by atoms with Crippen LogP contribution in [0.2, 0.25) is 0 Å². The molecule has 1 fully saturated rings. The minimum absolute atomic E-state index is 0.327. The fraction of sp³-hybridized carbons (Fsp3) is 0.429. The molecule has 0 radical (unpaired) electrons. The monoisotopic (exact) mass is 293 g/mol. The van der Waals surface area contributed by atoms with Crippen LogP contribution in [-0.2, 0) is 4.79 Å². The molecule has 1 aliphatic heterocycles. The van der Waals surface area contributed by atoms with Gasteiger partial charge in [0.15, 0.2) is 6.61 Å². The highest BCUT2D eigenvalue weighted by atomic mass is 16.5. The topological polar surface area (TPSA) is 90.9 Å². The fourth-order valence-corrected chi connectivity index (χ4v) is 2.13. The lowest BCUT2D eigenvalue weighted by Gasteiger charge is -2.26. The third kappa shape index (κ3) is 4.96. The van der Waals surface area contributed by atoms with Crippen LogP contribution in [0.25, 0.3) is 0 Å². The van der Waals surface area contributed by atoms with E-state index in [4.69, 9.17) is 9.84 Å². The van der Waals surface area contributed by atoms with Gasteiger partial charge < -0.3 is 15.2 Å². The van der Waals surface area contributed by atoms with E-state index >= 15 is 0 Å². The molecule has 1 saturated heterocycles. The highest BCUT2D eigenvalue weighted by Gasteiger charge is 2.14. The first-order valence-electron chi connectivity index (χ1n) is 6.91. The molecule has 0 aliphatic carbocycles. The van der Waals surface area contributed by atoms with Crippen molar-refractivity contribution in [2.45, 2.75) is 19.3 Å². The number of aliphatic carboxylic acids is 1. The summed E-state index contributed by atoms with van der Waals surface area (Å²) in [4.78, 5) is 22.5. The lowest BCUT2D eigenvalue weighted by atomic mass is 10.2. The Labute approximate surface area is 122 Å². The Kier molecular flexibility index (Phi) is 5.39. The number of urea groups is 1. The number of hydrazine groups is 1. The van der Waals surface area contributed by atoms with E-state index < -0.39 is 12.6 Å². The maximum absolute atomic E-state index is 11.9. The Balaban J connectivity index is 1.91. The first kappa shape index (κ1) is 15.1. The van der Waals surface area contributed by atoms with Crippen LogP contribution in [0.3, 0.4) is 0 Å². The molecule has 1 heterocycles. The van der Waals surface area contributed by atoms with Crippen LogP contribution in [0.4, 0.5) is 10.5 Å². The zero-order valence-electron chi connectivity index (χ0n) is 11.7. The number of anilines is 1. The summed E-state index contributed by atoms with van der Waals surface area (Å²) in [6.07, 6.45) is 3.32. The standard InChI is InChI=1S/C14H19N3O4/c18-13(19)10-21-12-7-3-2-6-11(12)15-14(20)16-17-8-4-1-5-9-17/h2-3,6-7H,1,4-5,8-10H2,(H,18,19)(H2,15,16,20). The molecule has 7 nitrogen and oxygen atoms in total. The number of amides is 2. The van der Waals surface area contributed by atoms with E-state index in [1.165, 1.54) is 6.42 Å². The van der Waals surface area contributed by atoms with Crippen molar-refractivity contribution in [3.63, 3.8) is 0 Å². The third-order valence-corrected chi connectivity index (χ3v) is 3.10. The van der Waals surface area contributed by atoms with Gasteiger partial charge in [-0.1, -0.05) is 18.6 Å². The van der Waals surface area contributed by atoms with Gasteiger partial charge in [0.2, 0.25) is 0 Å². The van der Waals surface area contributed by atoms with E-state index in [0.717, 1.165) is 25.9 Å². The van der Waals surface area contributed by atoms with Crippen LogP contribution in [-0.4, -0.2) is 41.8 Å². The van der Waals surface area contributed by atoms with Crippen molar-refractivity contribution >= 4 is 17.7 Å². The molecule has 114 valence electrons. The molecule has 2 rings (SSSR count). The van der Waals surface area contributed by atoms with Crippen LogP contribution in [0, 0.1) is 0 Å². The molecule has 2 amide bonds. The Morgan fingerprint density at radius 2 is 1.90 bits per heavy atom. The van der Waals surface area contributed by atoms with Gasteiger partial charge >= 0.3 is 12.0 Å².